The average Bonchev–Trinajstić information content (AvgIpc) is 2.72. The van der Waals surface area contributed by atoms with Crippen molar-refractivity contribution in [2.45, 2.75) is 36.5 Å². The number of rotatable bonds is 3. The predicted octanol–water partition coefficient (Wildman–Crippen LogP) is 1.60. The van der Waals surface area contributed by atoms with Gasteiger partial charge in [0.1, 0.15) is 0 Å². The Hall–Kier alpha value is -0.910. The standard InChI is InChI=1S/C14H19NO3S/c15-19(17,18)11-5-3-10(4-6-11)13-12(9-16)14(13)7-1-2-8-14/h3-6,12-13,16H,1-2,7-9H2,(H2,15,17,18). The number of hydrogen-bond acceptors (Lipinski definition) is 3. The molecule has 0 amide bonds. The van der Waals surface area contributed by atoms with E-state index in [1.165, 1.54) is 25.7 Å². The second-order valence-electron chi connectivity index (χ2n) is 5.82. The number of benzene rings is 1. The first-order chi connectivity index (χ1) is 8.99. The Morgan fingerprint density at radius 2 is 1.79 bits per heavy atom. The highest BCUT2D eigenvalue weighted by atomic mass is 32.2. The molecule has 1 aromatic carbocycles. The van der Waals surface area contributed by atoms with Crippen LogP contribution in [0.15, 0.2) is 29.2 Å². The number of primary sulfonamides is 1. The summed E-state index contributed by atoms with van der Waals surface area (Å²) < 4.78 is 22.5. The Bertz CT molecular complexity index is 573. The molecule has 2 aliphatic rings. The molecule has 2 fully saturated rings. The van der Waals surface area contributed by atoms with E-state index in [0.717, 1.165) is 5.56 Å². The molecule has 0 saturated heterocycles. The van der Waals surface area contributed by atoms with Gasteiger partial charge in [0.25, 0.3) is 0 Å². The minimum absolute atomic E-state index is 0.151. The van der Waals surface area contributed by atoms with Crippen LogP contribution in [0.25, 0.3) is 0 Å². The molecular weight excluding hydrogens is 262 g/mol. The quantitative estimate of drug-likeness (QED) is 0.883. The Kier molecular flexibility index (Phi) is 2.96. The number of sulfonamides is 1. The normalized spacial score (nSPS) is 28.7. The second kappa shape index (κ2) is 4.30. The van der Waals surface area contributed by atoms with E-state index in [0.29, 0.717) is 11.8 Å². The molecule has 2 unspecified atom stereocenters. The van der Waals surface area contributed by atoms with Crippen molar-refractivity contribution in [1.82, 2.24) is 0 Å². The second-order valence-corrected chi connectivity index (χ2v) is 7.38. The third-order valence-corrected chi connectivity index (χ3v) is 5.88. The van der Waals surface area contributed by atoms with Crippen molar-refractivity contribution in [3.8, 4) is 0 Å². The Morgan fingerprint density at radius 1 is 1.21 bits per heavy atom. The van der Waals surface area contributed by atoms with Crippen LogP contribution in [0.5, 0.6) is 0 Å². The third kappa shape index (κ3) is 2.00. The Morgan fingerprint density at radius 3 is 2.26 bits per heavy atom. The van der Waals surface area contributed by atoms with E-state index >= 15 is 0 Å². The highest BCUT2D eigenvalue weighted by Crippen LogP contribution is 2.72. The summed E-state index contributed by atoms with van der Waals surface area (Å²) >= 11 is 0. The van der Waals surface area contributed by atoms with Gasteiger partial charge in [-0.3, -0.25) is 0 Å². The first kappa shape index (κ1) is 13.1. The largest absolute Gasteiger partial charge is 0.396 e. The van der Waals surface area contributed by atoms with Gasteiger partial charge in [0, 0.05) is 6.61 Å². The molecule has 0 aromatic heterocycles. The van der Waals surface area contributed by atoms with Gasteiger partial charge in [0.05, 0.1) is 4.90 Å². The molecule has 0 aliphatic heterocycles. The van der Waals surface area contributed by atoms with Crippen LogP contribution in [0.4, 0.5) is 0 Å². The van der Waals surface area contributed by atoms with E-state index in [4.69, 9.17) is 5.14 Å². The Balaban J connectivity index is 1.88. The van der Waals surface area contributed by atoms with Crippen molar-refractivity contribution in [3.63, 3.8) is 0 Å². The zero-order chi connectivity index (χ0) is 13.7. The molecule has 2 aliphatic carbocycles. The molecule has 3 N–H and O–H groups in total. The number of aliphatic hydroxyl groups excluding tert-OH is 1. The lowest BCUT2D eigenvalue weighted by Crippen LogP contribution is -2.11. The van der Waals surface area contributed by atoms with Crippen LogP contribution in [0.1, 0.15) is 37.2 Å². The van der Waals surface area contributed by atoms with Crippen LogP contribution >= 0.6 is 0 Å². The van der Waals surface area contributed by atoms with E-state index < -0.39 is 10.0 Å². The molecular formula is C14H19NO3S. The molecule has 4 nitrogen and oxygen atoms in total. The molecule has 2 saturated carbocycles. The van der Waals surface area contributed by atoms with E-state index in [2.05, 4.69) is 0 Å². The molecule has 2 atom stereocenters. The molecule has 19 heavy (non-hydrogen) atoms. The SMILES string of the molecule is NS(=O)(=O)c1ccc(C2C(CO)C23CCCC3)cc1. The van der Waals surface area contributed by atoms with E-state index in [1.807, 2.05) is 12.1 Å². The predicted molar refractivity (Wildman–Crippen MR) is 72.0 cm³/mol. The van der Waals surface area contributed by atoms with Crippen molar-refractivity contribution in [2.24, 2.45) is 16.5 Å². The fraction of sp³-hybridized carbons (Fsp3) is 0.571. The van der Waals surface area contributed by atoms with E-state index in [-0.39, 0.29) is 16.9 Å². The van der Waals surface area contributed by atoms with Gasteiger partial charge in [0.2, 0.25) is 10.0 Å². The molecule has 104 valence electrons. The summed E-state index contributed by atoms with van der Waals surface area (Å²) in [6, 6.07) is 6.83. The lowest BCUT2D eigenvalue weighted by molar-refractivity contribution is 0.249. The van der Waals surface area contributed by atoms with Gasteiger partial charge in [0.15, 0.2) is 0 Å². The third-order valence-electron chi connectivity index (χ3n) is 4.95. The lowest BCUT2D eigenvalue weighted by Gasteiger charge is -2.08. The zero-order valence-electron chi connectivity index (χ0n) is 10.7. The maximum absolute atomic E-state index is 11.2. The summed E-state index contributed by atoms with van der Waals surface area (Å²) in [5.41, 5.74) is 1.41. The zero-order valence-corrected chi connectivity index (χ0v) is 11.6. The molecule has 1 aromatic rings. The molecule has 3 rings (SSSR count). The highest BCUT2D eigenvalue weighted by molar-refractivity contribution is 7.89. The number of nitrogens with two attached hydrogens (primary N) is 1. The van der Waals surface area contributed by atoms with Crippen LogP contribution < -0.4 is 5.14 Å². The minimum Gasteiger partial charge on any atom is -0.396 e. The van der Waals surface area contributed by atoms with Crippen molar-refractivity contribution in [1.29, 1.82) is 0 Å². The van der Waals surface area contributed by atoms with Crippen LogP contribution in [0, 0.1) is 11.3 Å². The molecule has 0 radical (unpaired) electrons. The summed E-state index contributed by atoms with van der Waals surface area (Å²) in [4.78, 5) is 0.151. The molecule has 5 heteroatoms. The summed E-state index contributed by atoms with van der Waals surface area (Å²) in [6.45, 7) is 0.224. The average molecular weight is 281 g/mol. The van der Waals surface area contributed by atoms with E-state index in [9.17, 15) is 13.5 Å². The monoisotopic (exact) mass is 281 g/mol. The topological polar surface area (TPSA) is 80.4 Å². The lowest BCUT2D eigenvalue weighted by atomic mass is 9.97. The van der Waals surface area contributed by atoms with Crippen LogP contribution in [-0.2, 0) is 10.0 Å². The van der Waals surface area contributed by atoms with Crippen LogP contribution in [0.3, 0.4) is 0 Å². The molecule has 0 bridgehead atoms. The van der Waals surface area contributed by atoms with Gasteiger partial charge >= 0.3 is 0 Å². The smallest absolute Gasteiger partial charge is 0.238 e. The van der Waals surface area contributed by atoms with Crippen LogP contribution in [-0.4, -0.2) is 20.1 Å². The first-order valence-electron chi connectivity index (χ1n) is 6.73. The molecule has 0 heterocycles. The maximum Gasteiger partial charge on any atom is 0.238 e. The fourth-order valence-electron chi connectivity index (χ4n) is 4.01. The first-order valence-corrected chi connectivity index (χ1v) is 8.27. The van der Waals surface area contributed by atoms with Gasteiger partial charge in [-0.2, -0.15) is 0 Å². The summed E-state index contributed by atoms with van der Waals surface area (Å²) in [5.74, 6) is 0.727. The summed E-state index contributed by atoms with van der Waals surface area (Å²) in [7, 11) is -3.62. The van der Waals surface area contributed by atoms with Crippen molar-refractivity contribution >= 4 is 10.0 Å². The number of aliphatic hydroxyl groups is 1. The minimum atomic E-state index is -3.62. The van der Waals surface area contributed by atoms with Crippen LogP contribution in [0.2, 0.25) is 0 Å². The summed E-state index contributed by atoms with van der Waals surface area (Å²) in [5, 5.41) is 14.6. The maximum atomic E-state index is 11.2. The van der Waals surface area contributed by atoms with Gasteiger partial charge in [-0.15, -0.1) is 0 Å². The van der Waals surface area contributed by atoms with Gasteiger partial charge in [-0.05, 0) is 47.8 Å². The fourth-order valence-corrected chi connectivity index (χ4v) is 4.52. The molecule has 1 spiro atoms. The van der Waals surface area contributed by atoms with Gasteiger partial charge in [-0.25, -0.2) is 13.6 Å². The van der Waals surface area contributed by atoms with Crippen molar-refractivity contribution < 1.29 is 13.5 Å². The van der Waals surface area contributed by atoms with Gasteiger partial charge < -0.3 is 5.11 Å². The van der Waals surface area contributed by atoms with Crippen molar-refractivity contribution in [3.05, 3.63) is 29.8 Å². The summed E-state index contributed by atoms with van der Waals surface area (Å²) in [6.07, 6.45) is 4.84. The van der Waals surface area contributed by atoms with Gasteiger partial charge in [-0.1, -0.05) is 25.0 Å². The highest BCUT2D eigenvalue weighted by Gasteiger charge is 2.64. The number of hydrogen-bond donors (Lipinski definition) is 2. The van der Waals surface area contributed by atoms with Crippen molar-refractivity contribution in [2.75, 3.05) is 6.61 Å². The Labute approximate surface area is 113 Å². The van der Waals surface area contributed by atoms with E-state index in [1.54, 1.807) is 12.1 Å².